The molecule has 0 saturated heterocycles. The third-order valence-corrected chi connectivity index (χ3v) is 5.39. The van der Waals surface area contributed by atoms with Crippen molar-refractivity contribution in [3.63, 3.8) is 0 Å². The van der Waals surface area contributed by atoms with E-state index in [0.29, 0.717) is 31.5 Å². The van der Waals surface area contributed by atoms with Crippen molar-refractivity contribution in [1.82, 2.24) is 25.9 Å². The number of nitrogens with two attached hydrogens (primary N) is 3. The number of carboxylic acid groups (broad SMARTS) is 1. The molecule has 0 fully saturated rings. The number of carbonyl (C=O) groups excluding carboxylic acids is 4. The summed E-state index contributed by atoms with van der Waals surface area (Å²) >= 11 is 4.07. The van der Waals surface area contributed by atoms with Crippen LogP contribution in [0.15, 0.2) is 12.5 Å². The van der Waals surface area contributed by atoms with Crippen molar-refractivity contribution in [2.75, 3.05) is 12.3 Å². The highest BCUT2D eigenvalue weighted by atomic mass is 32.1. The summed E-state index contributed by atoms with van der Waals surface area (Å²) in [7, 11) is 0. The van der Waals surface area contributed by atoms with E-state index in [1.54, 1.807) is 0 Å². The third-order valence-electron chi connectivity index (χ3n) is 5.03. The average molecular weight is 515 g/mol. The Kier molecular flexibility index (Phi) is 13.4. The smallest absolute Gasteiger partial charge is 0.326 e. The summed E-state index contributed by atoms with van der Waals surface area (Å²) in [4.78, 5) is 67.2. The second-order valence-corrected chi connectivity index (χ2v) is 8.25. The zero-order chi connectivity index (χ0) is 26.4. The Hall–Kier alpha value is -3.17. The molecule has 0 aliphatic heterocycles. The Morgan fingerprint density at radius 1 is 1.00 bits per heavy atom. The summed E-state index contributed by atoms with van der Waals surface area (Å²) in [6, 6.07) is -4.57. The van der Waals surface area contributed by atoms with Gasteiger partial charge in [-0.2, -0.15) is 12.6 Å². The molecule has 1 rings (SSSR count). The molecular formula is C20H34N8O6S. The van der Waals surface area contributed by atoms with Crippen LogP contribution in [0.5, 0.6) is 0 Å². The predicted molar refractivity (Wildman–Crippen MR) is 129 cm³/mol. The normalized spacial score (nSPS) is 14.3. The molecule has 0 spiro atoms. The fraction of sp³-hybridized carbons (Fsp3) is 0.600. The monoisotopic (exact) mass is 514 g/mol. The van der Waals surface area contributed by atoms with Crippen molar-refractivity contribution in [2.45, 2.75) is 62.7 Å². The summed E-state index contributed by atoms with van der Waals surface area (Å²) in [5.41, 5.74) is 17.0. The van der Waals surface area contributed by atoms with Crippen molar-refractivity contribution in [1.29, 1.82) is 0 Å². The van der Waals surface area contributed by atoms with Gasteiger partial charge in [0.25, 0.3) is 0 Å². The summed E-state index contributed by atoms with van der Waals surface area (Å²) < 4.78 is 0. The predicted octanol–water partition coefficient (Wildman–Crippen LogP) is -2.86. The van der Waals surface area contributed by atoms with Crippen molar-refractivity contribution in [2.24, 2.45) is 17.2 Å². The summed E-state index contributed by atoms with van der Waals surface area (Å²) in [5, 5.41) is 16.6. The van der Waals surface area contributed by atoms with Gasteiger partial charge in [0.1, 0.15) is 18.1 Å². The Bertz CT molecular complexity index is 853. The van der Waals surface area contributed by atoms with E-state index in [4.69, 9.17) is 17.2 Å². The minimum atomic E-state index is -1.39. The molecule has 0 aliphatic rings. The van der Waals surface area contributed by atoms with E-state index in [1.807, 2.05) is 0 Å². The average Bonchev–Trinajstić information content (AvgIpc) is 3.32. The number of nitrogens with one attached hydrogen (secondary N) is 4. The van der Waals surface area contributed by atoms with Crippen LogP contribution in [0.1, 0.15) is 37.8 Å². The lowest BCUT2D eigenvalue weighted by Gasteiger charge is -2.24. The molecular weight excluding hydrogens is 480 g/mol. The van der Waals surface area contributed by atoms with E-state index in [9.17, 15) is 29.1 Å². The summed E-state index contributed by atoms with van der Waals surface area (Å²) in [6.45, 7) is 0.470. The maximum absolute atomic E-state index is 13.0. The molecule has 0 saturated carbocycles. The van der Waals surface area contributed by atoms with Gasteiger partial charge in [-0.25, -0.2) is 9.78 Å². The number of carbonyl (C=O) groups is 5. The maximum atomic E-state index is 13.0. The summed E-state index contributed by atoms with van der Waals surface area (Å²) in [5.74, 6) is -4.33. The number of hydrogen-bond acceptors (Lipinski definition) is 9. The van der Waals surface area contributed by atoms with E-state index < -0.39 is 53.8 Å². The zero-order valence-electron chi connectivity index (χ0n) is 19.2. The Labute approximate surface area is 207 Å². The van der Waals surface area contributed by atoms with Gasteiger partial charge in [-0.1, -0.05) is 6.42 Å². The van der Waals surface area contributed by atoms with Crippen LogP contribution in [0.2, 0.25) is 0 Å². The molecule has 0 radical (unpaired) electrons. The molecule has 15 heteroatoms. The number of carboxylic acids is 1. The van der Waals surface area contributed by atoms with Gasteiger partial charge in [0.05, 0.1) is 12.4 Å². The largest absolute Gasteiger partial charge is 0.480 e. The molecule has 14 nitrogen and oxygen atoms in total. The SMILES string of the molecule is NCCCCC(N)C(=O)NC(Cc1cnc[nH]1)C(=O)NC(CS)C(=O)NC(CCC(N)=O)C(=O)O. The highest BCUT2D eigenvalue weighted by Gasteiger charge is 2.30. The van der Waals surface area contributed by atoms with Crippen LogP contribution in [-0.2, 0) is 30.4 Å². The Morgan fingerprint density at radius 3 is 2.17 bits per heavy atom. The lowest BCUT2D eigenvalue weighted by molar-refractivity contribution is -0.142. The second-order valence-electron chi connectivity index (χ2n) is 7.88. The first kappa shape index (κ1) is 29.9. The van der Waals surface area contributed by atoms with Gasteiger partial charge in [-0.3, -0.25) is 19.2 Å². The zero-order valence-corrected chi connectivity index (χ0v) is 20.1. The lowest BCUT2D eigenvalue weighted by Crippen LogP contribution is -2.58. The minimum Gasteiger partial charge on any atom is -0.480 e. The number of rotatable bonds is 17. The first-order valence-corrected chi connectivity index (χ1v) is 11.7. The van der Waals surface area contributed by atoms with E-state index in [-0.39, 0.29) is 25.0 Å². The number of thiol groups is 1. The van der Waals surface area contributed by atoms with Crippen molar-refractivity contribution < 1.29 is 29.1 Å². The number of primary amides is 1. The van der Waals surface area contributed by atoms with Crippen molar-refractivity contribution in [3.8, 4) is 0 Å². The highest BCUT2D eigenvalue weighted by molar-refractivity contribution is 7.80. The van der Waals surface area contributed by atoms with Gasteiger partial charge < -0.3 is 43.2 Å². The van der Waals surface area contributed by atoms with Crippen LogP contribution in [-0.4, -0.2) is 81.1 Å². The minimum absolute atomic E-state index is 0.0321. The van der Waals surface area contributed by atoms with Gasteiger partial charge in [0.15, 0.2) is 0 Å². The topological polar surface area (TPSA) is 248 Å². The van der Waals surface area contributed by atoms with Crippen LogP contribution in [0, 0.1) is 0 Å². The number of aromatic nitrogens is 2. The van der Waals surface area contributed by atoms with E-state index in [0.717, 1.165) is 0 Å². The number of unbranched alkanes of at least 4 members (excludes halogenated alkanes) is 1. The number of aromatic amines is 1. The molecule has 1 aromatic rings. The van der Waals surface area contributed by atoms with Gasteiger partial charge in [0, 0.05) is 30.5 Å². The number of hydrogen-bond donors (Lipinski definition) is 9. The Balaban J connectivity index is 2.88. The molecule has 4 amide bonds. The molecule has 4 atom stereocenters. The number of imidazole rings is 1. The Morgan fingerprint density at radius 2 is 1.63 bits per heavy atom. The molecule has 0 aromatic carbocycles. The molecule has 196 valence electrons. The quantitative estimate of drug-likeness (QED) is 0.0765. The van der Waals surface area contributed by atoms with Crippen LogP contribution < -0.4 is 33.2 Å². The number of nitrogens with zero attached hydrogens (tertiary/aromatic N) is 1. The van der Waals surface area contributed by atoms with E-state index in [1.165, 1.54) is 12.5 Å². The number of amides is 4. The van der Waals surface area contributed by atoms with E-state index in [2.05, 4.69) is 38.5 Å². The fourth-order valence-corrected chi connectivity index (χ4v) is 3.28. The first-order chi connectivity index (χ1) is 16.6. The molecule has 11 N–H and O–H groups in total. The van der Waals surface area contributed by atoms with Gasteiger partial charge in [0.2, 0.25) is 23.6 Å². The second kappa shape index (κ2) is 15.7. The van der Waals surface area contributed by atoms with Gasteiger partial charge in [-0.05, 0) is 25.8 Å². The van der Waals surface area contributed by atoms with Gasteiger partial charge in [-0.15, -0.1) is 0 Å². The van der Waals surface area contributed by atoms with Crippen molar-refractivity contribution in [3.05, 3.63) is 18.2 Å². The molecule has 1 aromatic heterocycles. The van der Waals surface area contributed by atoms with Crippen LogP contribution in [0.4, 0.5) is 0 Å². The first-order valence-electron chi connectivity index (χ1n) is 11.0. The van der Waals surface area contributed by atoms with Gasteiger partial charge >= 0.3 is 5.97 Å². The highest BCUT2D eigenvalue weighted by Crippen LogP contribution is 2.04. The lowest BCUT2D eigenvalue weighted by atomic mass is 10.1. The van der Waals surface area contributed by atoms with Crippen LogP contribution in [0.3, 0.4) is 0 Å². The fourth-order valence-electron chi connectivity index (χ4n) is 3.03. The van der Waals surface area contributed by atoms with Crippen molar-refractivity contribution >= 4 is 42.2 Å². The molecule has 0 bridgehead atoms. The molecule has 0 aliphatic carbocycles. The third kappa shape index (κ3) is 11.2. The molecule has 1 heterocycles. The molecule has 4 unspecified atom stereocenters. The molecule has 35 heavy (non-hydrogen) atoms. The summed E-state index contributed by atoms with van der Waals surface area (Å²) in [6.07, 6.45) is 4.18. The standard InChI is InChI=1S/C20H34N8O6S/c21-6-2-1-3-12(22)17(30)27-14(7-11-8-24-10-25-11)18(31)28-15(9-35)19(32)26-13(20(33)34)4-5-16(23)29/h8,10,12-15,35H,1-7,9,21-22H2,(H2,23,29)(H,24,25)(H,26,32)(H,27,30)(H,28,31)(H,33,34). The maximum Gasteiger partial charge on any atom is 0.326 e. The number of aliphatic carboxylic acids is 1. The number of H-pyrrole nitrogens is 1. The van der Waals surface area contributed by atoms with Crippen LogP contribution >= 0.6 is 12.6 Å². The van der Waals surface area contributed by atoms with Crippen LogP contribution in [0.25, 0.3) is 0 Å². The van der Waals surface area contributed by atoms with E-state index >= 15 is 0 Å².